The standard InChI is InChI=1S/C22H27NO7/c1-6-15-8-7-9-16(12-15)29-10-11-30-22(26)19-17(20(24)27-4)13(2)23-14(3)18(19)21(25)28-5/h7-9,12,19,23H,6,10-11H2,1-5H3. The molecule has 1 heterocycles. The predicted octanol–water partition coefficient (Wildman–Crippen LogP) is 2.28. The van der Waals surface area contributed by atoms with Crippen LogP contribution in [0.1, 0.15) is 26.3 Å². The Labute approximate surface area is 175 Å². The van der Waals surface area contributed by atoms with Crippen molar-refractivity contribution in [3.63, 3.8) is 0 Å². The molecule has 0 aliphatic carbocycles. The second-order valence-corrected chi connectivity index (χ2v) is 6.64. The average Bonchev–Trinajstić information content (AvgIpc) is 2.75. The Morgan fingerprint density at radius 1 is 0.967 bits per heavy atom. The molecular weight excluding hydrogens is 390 g/mol. The highest BCUT2D eigenvalue weighted by Gasteiger charge is 2.42. The summed E-state index contributed by atoms with van der Waals surface area (Å²) in [5, 5.41) is 2.92. The van der Waals surface area contributed by atoms with Gasteiger partial charge in [-0.3, -0.25) is 4.79 Å². The van der Waals surface area contributed by atoms with E-state index in [0.717, 1.165) is 12.0 Å². The molecule has 0 unspecified atom stereocenters. The number of aryl methyl sites for hydroxylation is 1. The highest BCUT2D eigenvalue weighted by molar-refractivity contribution is 6.05. The monoisotopic (exact) mass is 417 g/mol. The van der Waals surface area contributed by atoms with Crippen LogP contribution in [0.3, 0.4) is 0 Å². The molecule has 0 saturated heterocycles. The number of benzene rings is 1. The largest absolute Gasteiger partial charge is 0.490 e. The Morgan fingerprint density at radius 3 is 2.10 bits per heavy atom. The van der Waals surface area contributed by atoms with Gasteiger partial charge < -0.3 is 24.3 Å². The van der Waals surface area contributed by atoms with Crippen molar-refractivity contribution < 1.29 is 33.3 Å². The van der Waals surface area contributed by atoms with E-state index >= 15 is 0 Å². The lowest BCUT2D eigenvalue weighted by atomic mass is 9.85. The van der Waals surface area contributed by atoms with Crippen LogP contribution in [0.25, 0.3) is 0 Å². The molecule has 2 rings (SSSR count). The molecule has 0 radical (unpaired) electrons. The van der Waals surface area contributed by atoms with Crippen LogP contribution in [-0.4, -0.2) is 45.3 Å². The van der Waals surface area contributed by atoms with Gasteiger partial charge in [0.25, 0.3) is 0 Å². The summed E-state index contributed by atoms with van der Waals surface area (Å²) in [5.74, 6) is -2.81. The molecule has 8 nitrogen and oxygen atoms in total. The second kappa shape index (κ2) is 10.5. The van der Waals surface area contributed by atoms with Crippen molar-refractivity contribution in [3.8, 4) is 5.75 Å². The maximum Gasteiger partial charge on any atom is 0.336 e. The van der Waals surface area contributed by atoms with Crippen LogP contribution >= 0.6 is 0 Å². The molecule has 1 aromatic carbocycles. The SMILES string of the molecule is CCc1cccc(OCCOC(=O)C2C(C(=O)OC)=C(C)NC(C)=C2C(=O)OC)c1. The van der Waals surface area contributed by atoms with Crippen molar-refractivity contribution in [3.05, 3.63) is 52.4 Å². The van der Waals surface area contributed by atoms with E-state index in [1.165, 1.54) is 14.2 Å². The Bertz CT molecular complexity index is 847. The fourth-order valence-corrected chi connectivity index (χ4v) is 3.23. The number of esters is 3. The minimum atomic E-state index is -1.26. The van der Waals surface area contributed by atoms with Crippen LogP contribution < -0.4 is 10.1 Å². The number of carbonyl (C=O) groups is 3. The molecule has 1 aromatic rings. The van der Waals surface area contributed by atoms with Gasteiger partial charge >= 0.3 is 17.9 Å². The van der Waals surface area contributed by atoms with Crippen molar-refractivity contribution in [2.45, 2.75) is 27.2 Å². The molecule has 1 aliphatic rings. The normalized spacial score (nSPS) is 14.2. The Kier molecular flexibility index (Phi) is 8.03. The number of carbonyl (C=O) groups excluding carboxylic acids is 3. The predicted molar refractivity (Wildman–Crippen MR) is 108 cm³/mol. The molecule has 1 aliphatic heterocycles. The number of allylic oxidation sites excluding steroid dienone is 2. The summed E-state index contributed by atoms with van der Waals surface area (Å²) in [7, 11) is 2.40. The number of nitrogens with one attached hydrogen (secondary N) is 1. The zero-order valence-electron chi connectivity index (χ0n) is 17.9. The van der Waals surface area contributed by atoms with Gasteiger partial charge in [0.05, 0.1) is 25.4 Å². The molecule has 0 spiro atoms. The lowest BCUT2D eigenvalue weighted by molar-refractivity contribution is -0.151. The van der Waals surface area contributed by atoms with Crippen LogP contribution in [0.2, 0.25) is 0 Å². The van der Waals surface area contributed by atoms with Gasteiger partial charge in [-0.25, -0.2) is 9.59 Å². The number of methoxy groups -OCH3 is 2. The van der Waals surface area contributed by atoms with Crippen LogP contribution in [-0.2, 0) is 35.0 Å². The smallest absolute Gasteiger partial charge is 0.336 e. The van der Waals surface area contributed by atoms with E-state index in [9.17, 15) is 14.4 Å². The third-order valence-corrected chi connectivity index (χ3v) is 4.71. The summed E-state index contributed by atoms with van der Waals surface area (Å²) in [6, 6.07) is 7.62. The molecule has 30 heavy (non-hydrogen) atoms. The summed E-state index contributed by atoms with van der Waals surface area (Å²) in [5.41, 5.74) is 1.95. The highest BCUT2D eigenvalue weighted by Crippen LogP contribution is 2.32. The van der Waals surface area contributed by atoms with Crippen LogP contribution in [0.4, 0.5) is 0 Å². The van der Waals surface area contributed by atoms with Gasteiger partial charge in [0.1, 0.15) is 24.9 Å². The van der Waals surface area contributed by atoms with E-state index in [2.05, 4.69) is 5.32 Å². The molecule has 0 atom stereocenters. The van der Waals surface area contributed by atoms with Gasteiger partial charge in [0.2, 0.25) is 0 Å². The van der Waals surface area contributed by atoms with Gasteiger partial charge in [-0.15, -0.1) is 0 Å². The second-order valence-electron chi connectivity index (χ2n) is 6.64. The van der Waals surface area contributed by atoms with Crippen LogP contribution in [0.5, 0.6) is 5.75 Å². The van der Waals surface area contributed by atoms with Crippen molar-refractivity contribution in [1.82, 2.24) is 5.32 Å². The quantitative estimate of drug-likeness (QED) is 0.391. The van der Waals surface area contributed by atoms with E-state index in [4.69, 9.17) is 18.9 Å². The lowest BCUT2D eigenvalue weighted by Crippen LogP contribution is -2.38. The molecule has 0 bridgehead atoms. The van der Waals surface area contributed by atoms with Gasteiger partial charge in [-0.2, -0.15) is 0 Å². The van der Waals surface area contributed by atoms with Gasteiger partial charge in [-0.05, 0) is 38.0 Å². The number of hydrogen-bond donors (Lipinski definition) is 1. The number of ether oxygens (including phenoxy) is 4. The van der Waals surface area contributed by atoms with Gasteiger partial charge in [-0.1, -0.05) is 19.1 Å². The molecule has 0 aromatic heterocycles. The van der Waals surface area contributed by atoms with Crippen LogP contribution in [0.15, 0.2) is 46.8 Å². The minimum Gasteiger partial charge on any atom is -0.490 e. The van der Waals surface area contributed by atoms with E-state index in [-0.39, 0.29) is 24.4 Å². The number of hydrogen-bond acceptors (Lipinski definition) is 8. The maximum atomic E-state index is 12.9. The third kappa shape index (κ3) is 5.20. The molecule has 8 heteroatoms. The molecule has 0 fully saturated rings. The summed E-state index contributed by atoms with van der Waals surface area (Å²) in [6.45, 7) is 5.35. The van der Waals surface area contributed by atoms with E-state index in [1.54, 1.807) is 13.8 Å². The average molecular weight is 417 g/mol. The number of dihydropyridines is 1. The first-order valence-corrected chi connectivity index (χ1v) is 9.57. The van der Waals surface area contributed by atoms with Crippen molar-refractivity contribution >= 4 is 17.9 Å². The summed E-state index contributed by atoms with van der Waals surface area (Å²) < 4.78 is 20.6. The minimum absolute atomic E-state index is 0.00469. The summed E-state index contributed by atoms with van der Waals surface area (Å²) in [4.78, 5) is 37.5. The first kappa shape index (κ1) is 23.0. The molecular formula is C22H27NO7. The molecule has 0 amide bonds. The molecule has 1 N–H and O–H groups in total. The summed E-state index contributed by atoms with van der Waals surface area (Å²) >= 11 is 0. The van der Waals surface area contributed by atoms with E-state index in [0.29, 0.717) is 17.1 Å². The zero-order chi connectivity index (χ0) is 22.3. The first-order chi connectivity index (χ1) is 14.3. The topological polar surface area (TPSA) is 100 Å². The van der Waals surface area contributed by atoms with E-state index < -0.39 is 23.8 Å². The zero-order valence-corrected chi connectivity index (χ0v) is 17.9. The summed E-state index contributed by atoms with van der Waals surface area (Å²) in [6.07, 6.45) is 0.881. The van der Waals surface area contributed by atoms with Crippen LogP contribution in [0, 0.1) is 5.92 Å². The first-order valence-electron chi connectivity index (χ1n) is 9.57. The van der Waals surface area contributed by atoms with Crippen molar-refractivity contribution in [1.29, 1.82) is 0 Å². The Balaban J connectivity index is 2.14. The van der Waals surface area contributed by atoms with E-state index in [1.807, 2.05) is 31.2 Å². The highest BCUT2D eigenvalue weighted by atomic mass is 16.6. The third-order valence-electron chi connectivity index (χ3n) is 4.71. The fourth-order valence-electron chi connectivity index (χ4n) is 3.23. The van der Waals surface area contributed by atoms with Crippen molar-refractivity contribution in [2.75, 3.05) is 27.4 Å². The molecule has 162 valence electrons. The van der Waals surface area contributed by atoms with Gasteiger partial charge in [0, 0.05) is 11.4 Å². The van der Waals surface area contributed by atoms with Crippen molar-refractivity contribution in [2.24, 2.45) is 5.92 Å². The maximum absolute atomic E-state index is 12.9. The lowest BCUT2D eigenvalue weighted by Gasteiger charge is -2.28. The Morgan fingerprint density at radius 2 is 1.57 bits per heavy atom. The Hall–Kier alpha value is -3.29. The number of rotatable bonds is 8. The van der Waals surface area contributed by atoms with Gasteiger partial charge in [0.15, 0.2) is 0 Å². The fraction of sp³-hybridized carbons (Fsp3) is 0.409. The molecule has 0 saturated carbocycles.